The smallest absolute Gasteiger partial charge is 0.344 e. The third-order valence-corrected chi connectivity index (χ3v) is 5.30. The Morgan fingerprint density at radius 1 is 1.15 bits per heavy atom. The van der Waals surface area contributed by atoms with Crippen LogP contribution in [0.4, 0.5) is 5.69 Å². The van der Waals surface area contributed by atoms with Gasteiger partial charge in [0.25, 0.3) is 0 Å². The monoisotopic (exact) mass is 364 g/mol. The van der Waals surface area contributed by atoms with Crippen molar-refractivity contribution >= 4 is 23.3 Å². The van der Waals surface area contributed by atoms with Crippen LogP contribution in [0.25, 0.3) is 0 Å². The molecule has 0 radical (unpaired) electrons. The average Bonchev–Trinajstić information content (AvgIpc) is 3.22. The predicted molar refractivity (Wildman–Crippen MR) is 101 cm³/mol. The summed E-state index contributed by atoms with van der Waals surface area (Å²) in [4.78, 5) is 31.1. The highest BCUT2D eigenvalue weighted by molar-refractivity contribution is 6.26. The van der Waals surface area contributed by atoms with Gasteiger partial charge >= 0.3 is 5.97 Å². The third kappa shape index (κ3) is 2.22. The molecule has 6 nitrogen and oxygen atoms in total. The molecule has 0 bridgehead atoms. The molecule has 0 saturated heterocycles. The minimum Gasteiger partial charge on any atom is -0.467 e. The summed E-state index contributed by atoms with van der Waals surface area (Å²) in [6.07, 6.45) is 0. The van der Waals surface area contributed by atoms with Crippen molar-refractivity contribution in [2.24, 2.45) is 4.99 Å². The number of esters is 1. The average molecular weight is 364 g/mol. The lowest BCUT2D eigenvalue weighted by molar-refractivity contribution is -0.151. The number of methoxy groups -OCH3 is 1. The van der Waals surface area contributed by atoms with Crippen LogP contribution in [-0.4, -0.2) is 36.8 Å². The zero-order chi connectivity index (χ0) is 19.2. The van der Waals surface area contributed by atoms with Gasteiger partial charge in [-0.25, -0.2) is 4.79 Å². The van der Waals surface area contributed by atoms with E-state index < -0.39 is 17.1 Å². The van der Waals surface area contributed by atoms with Crippen molar-refractivity contribution in [2.75, 3.05) is 19.0 Å². The maximum absolute atomic E-state index is 13.6. The number of carbonyl (C=O) groups is 2. The van der Waals surface area contributed by atoms with Crippen LogP contribution in [0.5, 0.6) is 0 Å². The van der Waals surface area contributed by atoms with E-state index in [2.05, 4.69) is 10.3 Å². The van der Waals surface area contributed by atoms with Crippen molar-refractivity contribution in [1.82, 2.24) is 0 Å². The quantitative estimate of drug-likeness (QED) is 0.669. The van der Waals surface area contributed by atoms with Crippen LogP contribution >= 0.6 is 0 Å². The highest BCUT2D eigenvalue weighted by Gasteiger charge is 2.70. The van der Waals surface area contributed by atoms with Gasteiger partial charge in [-0.05, 0) is 19.1 Å². The minimum atomic E-state index is -1.76. The Balaban J connectivity index is 1.97. The van der Waals surface area contributed by atoms with Crippen LogP contribution in [0, 0.1) is 6.92 Å². The van der Waals surface area contributed by atoms with Gasteiger partial charge in [0.05, 0.1) is 13.7 Å². The molecule has 2 aliphatic rings. The predicted octanol–water partition coefficient (Wildman–Crippen LogP) is 2.86. The Labute approximate surface area is 157 Å². The number of hydrogen-bond acceptors (Lipinski definition) is 6. The molecule has 0 fully saturated rings. The molecule has 6 heteroatoms. The second-order valence-electron chi connectivity index (χ2n) is 6.87. The van der Waals surface area contributed by atoms with Crippen molar-refractivity contribution in [3.63, 3.8) is 0 Å². The Hall–Kier alpha value is -3.15. The van der Waals surface area contributed by atoms with Gasteiger partial charge in [-0.2, -0.15) is 0 Å². The van der Waals surface area contributed by atoms with Gasteiger partial charge in [-0.3, -0.25) is 9.79 Å². The van der Waals surface area contributed by atoms with Gasteiger partial charge in [-0.15, -0.1) is 0 Å². The molecule has 0 amide bonds. The van der Waals surface area contributed by atoms with Crippen molar-refractivity contribution in [2.45, 2.75) is 25.0 Å². The molecule has 2 heterocycles. The molecule has 2 aromatic carbocycles. The van der Waals surface area contributed by atoms with Crippen LogP contribution in [-0.2, 0) is 19.9 Å². The van der Waals surface area contributed by atoms with Gasteiger partial charge in [0.1, 0.15) is 0 Å². The molecule has 4 rings (SSSR count). The molecule has 2 aliphatic heterocycles. The summed E-state index contributed by atoms with van der Waals surface area (Å²) in [6, 6.07) is 14.6. The highest BCUT2D eigenvalue weighted by atomic mass is 16.5. The van der Waals surface area contributed by atoms with Crippen LogP contribution < -0.4 is 5.32 Å². The van der Waals surface area contributed by atoms with Crippen LogP contribution in [0.15, 0.2) is 53.5 Å². The maximum atomic E-state index is 13.6. The molecule has 2 aromatic rings. The van der Waals surface area contributed by atoms with E-state index in [-0.39, 0.29) is 12.3 Å². The van der Waals surface area contributed by atoms with Gasteiger partial charge in [-0.1, -0.05) is 42.0 Å². The fourth-order valence-corrected chi connectivity index (χ4v) is 3.92. The van der Waals surface area contributed by atoms with E-state index in [0.717, 1.165) is 5.56 Å². The van der Waals surface area contributed by atoms with Crippen LogP contribution in [0.3, 0.4) is 0 Å². The normalized spacial score (nSPS) is 26.0. The number of rotatable bonds is 3. The second kappa shape index (κ2) is 5.94. The van der Waals surface area contributed by atoms with Gasteiger partial charge in [0.2, 0.25) is 11.3 Å². The van der Waals surface area contributed by atoms with E-state index in [1.807, 2.05) is 37.3 Å². The van der Waals surface area contributed by atoms with Crippen molar-refractivity contribution in [3.8, 4) is 0 Å². The fraction of sp³-hybridized carbons (Fsp3) is 0.286. The van der Waals surface area contributed by atoms with Gasteiger partial charge in [0.15, 0.2) is 11.5 Å². The molecular weight excluding hydrogens is 344 g/mol. The number of hydrogen-bond donors (Lipinski definition) is 1. The Morgan fingerprint density at radius 2 is 1.85 bits per heavy atom. The lowest BCUT2D eigenvalue weighted by atomic mass is 9.72. The first kappa shape index (κ1) is 17.3. The first-order valence-electron chi connectivity index (χ1n) is 8.72. The molecular formula is C21H20N2O4. The molecule has 138 valence electrons. The summed E-state index contributed by atoms with van der Waals surface area (Å²) in [6.45, 7) is 3.82. The number of nitrogens with zero attached hydrogens (tertiary/aromatic N) is 1. The molecule has 0 spiro atoms. The van der Waals surface area contributed by atoms with E-state index in [1.165, 1.54) is 7.11 Å². The number of anilines is 1. The second-order valence-corrected chi connectivity index (χ2v) is 6.87. The van der Waals surface area contributed by atoms with Crippen molar-refractivity contribution in [3.05, 3.63) is 65.2 Å². The SMILES string of the molecule is COC(=O)C1(C2(c3ccc(C)cc3)CN=C(C)O2)Nc2ccccc2C1=O. The number of ketones is 1. The molecule has 2 unspecified atom stereocenters. The molecule has 0 aromatic heterocycles. The summed E-state index contributed by atoms with van der Waals surface area (Å²) >= 11 is 0. The number of aryl methyl sites for hydroxylation is 1. The standard InChI is InChI=1S/C21H20N2O4/c1-13-8-10-15(11-9-13)20(12-22-14(2)27-20)21(19(25)26-3)18(24)16-6-4-5-7-17(16)23-21/h4-11,23H,12H2,1-3H3. The van der Waals surface area contributed by atoms with E-state index in [4.69, 9.17) is 9.47 Å². The van der Waals surface area contributed by atoms with Crippen LogP contribution in [0.1, 0.15) is 28.4 Å². The summed E-state index contributed by atoms with van der Waals surface area (Å²) in [5, 5.41) is 3.14. The van der Waals surface area contributed by atoms with E-state index in [1.54, 1.807) is 25.1 Å². The van der Waals surface area contributed by atoms with Gasteiger partial charge < -0.3 is 14.8 Å². The third-order valence-electron chi connectivity index (χ3n) is 5.30. The summed E-state index contributed by atoms with van der Waals surface area (Å²) in [5.41, 5.74) is -0.343. The number of fused-ring (bicyclic) bond motifs is 1. The molecule has 1 N–H and O–H groups in total. The number of carbonyl (C=O) groups excluding carboxylic acids is 2. The maximum Gasteiger partial charge on any atom is 0.344 e. The lowest BCUT2D eigenvalue weighted by Crippen LogP contribution is -2.66. The Kier molecular flexibility index (Phi) is 3.80. The molecule has 2 atom stereocenters. The zero-order valence-electron chi connectivity index (χ0n) is 15.4. The number of benzene rings is 2. The largest absolute Gasteiger partial charge is 0.467 e. The molecule has 0 saturated carbocycles. The molecule has 27 heavy (non-hydrogen) atoms. The van der Waals surface area contributed by atoms with E-state index in [0.29, 0.717) is 22.7 Å². The minimum absolute atomic E-state index is 0.129. The van der Waals surface area contributed by atoms with Crippen LogP contribution in [0.2, 0.25) is 0 Å². The van der Waals surface area contributed by atoms with Crippen molar-refractivity contribution < 1.29 is 19.1 Å². The van der Waals surface area contributed by atoms with E-state index >= 15 is 0 Å². The fourth-order valence-electron chi connectivity index (χ4n) is 3.92. The lowest BCUT2D eigenvalue weighted by Gasteiger charge is -2.41. The topological polar surface area (TPSA) is 77.0 Å². The first-order valence-corrected chi connectivity index (χ1v) is 8.72. The first-order chi connectivity index (χ1) is 12.9. The Morgan fingerprint density at radius 3 is 2.44 bits per heavy atom. The summed E-state index contributed by atoms with van der Waals surface area (Å²) < 4.78 is 11.3. The summed E-state index contributed by atoms with van der Waals surface area (Å²) in [5.74, 6) is -0.658. The Bertz CT molecular complexity index is 966. The van der Waals surface area contributed by atoms with Crippen molar-refractivity contribution in [1.29, 1.82) is 0 Å². The number of nitrogens with one attached hydrogen (secondary N) is 1. The summed E-state index contributed by atoms with van der Waals surface area (Å²) in [7, 11) is 1.27. The van der Waals surface area contributed by atoms with Gasteiger partial charge in [0, 0.05) is 23.7 Å². The molecule has 0 aliphatic carbocycles. The number of ether oxygens (including phenoxy) is 2. The zero-order valence-corrected chi connectivity index (χ0v) is 15.4. The highest BCUT2D eigenvalue weighted by Crippen LogP contribution is 2.49. The number of para-hydroxylation sites is 1. The number of Topliss-reactive ketones (excluding diaryl/α,β-unsaturated/α-hetero) is 1. The van der Waals surface area contributed by atoms with E-state index in [9.17, 15) is 9.59 Å². The number of aliphatic imine (C=N–C) groups is 1.